The van der Waals surface area contributed by atoms with Crippen molar-refractivity contribution in [3.63, 3.8) is 0 Å². The van der Waals surface area contributed by atoms with Gasteiger partial charge in [0.1, 0.15) is 0 Å². The first-order chi connectivity index (χ1) is 8.98. The molecule has 1 heterocycles. The quantitative estimate of drug-likeness (QED) is 0.753. The summed E-state index contributed by atoms with van der Waals surface area (Å²) in [5.41, 5.74) is 0. The van der Waals surface area contributed by atoms with Gasteiger partial charge < -0.3 is 4.90 Å². The van der Waals surface area contributed by atoms with E-state index >= 15 is 0 Å². The minimum Gasteiger partial charge on any atom is -0.342 e. The largest absolute Gasteiger partial charge is 0.342 e. The SMILES string of the molecule is CCCC[C@H](CC)CC(=O)N1CCCS(=O)(=O)CC1. The fraction of sp³-hybridized carbons (Fsp3) is 0.929. The molecule has 1 atom stereocenters. The van der Waals surface area contributed by atoms with E-state index in [0.29, 0.717) is 31.8 Å². The second-order valence-electron chi connectivity index (χ2n) is 5.51. The molecule has 0 saturated carbocycles. The lowest BCUT2D eigenvalue weighted by molar-refractivity contribution is -0.132. The number of hydrogen-bond acceptors (Lipinski definition) is 3. The lowest BCUT2D eigenvalue weighted by Crippen LogP contribution is -2.34. The average molecular weight is 289 g/mol. The Morgan fingerprint density at radius 2 is 1.95 bits per heavy atom. The number of nitrogens with zero attached hydrogens (tertiary/aromatic N) is 1. The number of hydrogen-bond donors (Lipinski definition) is 0. The summed E-state index contributed by atoms with van der Waals surface area (Å²) < 4.78 is 23.0. The Morgan fingerprint density at radius 3 is 2.58 bits per heavy atom. The van der Waals surface area contributed by atoms with E-state index in [1.807, 2.05) is 0 Å². The summed E-state index contributed by atoms with van der Waals surface area (Å²) in [5, 5.41) is 0. The van der Waals surface area contributed by atoms with Crippen molar-refractivity contribution < 1.29 is 13.2 Å². The Bertz CT molecular complexity index is 378. The molecule has 0 aromatic heterocycles. The molecule has 5 heteroatoms. The van der Waals surface area contributed by atoms with Gasteiger partial charge in [-0.1, -0.05) is 33.1 Å². The summed E-state index contributed by atoms with van der Waals surface area (Å²) >= 11 is 0. The standard InChI is InChI=1S/C14H27NO3S/c1-3-5-7-13(4-2)12-14(16)15-8-6-10-19(17,18)11-9-15/h13H,3-12H2,1-2H3/t13-/m0/s1. The zero-order valence-electron chi connectivity index (χ0n) is 12.2. The van der Waals surface area contributed by atoms with E-state index in [9.17, 15) is 13.2 Å². The van der Waals surface area contributed by atoms with Gasteiger partial charge in [0.05, 0.1) is 11.5 Å². The van der Waals surface area contributed by atoms with Gasteiger partial charge in [-0.3, -0.25) is 4.79 Å². The van der Waals surface area contributed by atoms with Crippen LogP contribution in [0.25, 0.3) is 0 Å². The van der Waals surface area contributed by atoms with Gasteiger partial charge in [0.2, 0.25) is 5.91 Å². The Balaban J connectivity index is 2.48. The maximum atomic E-state index is 12.2. The fourth-order valence-corrected chi connectivity index (χ4v) is 3.78. The maximum absolute atomic E-state index is 12.2. The molecule has 0 aromatic rings. The van der Waals surface area contributed by atoms with E-state index < -0.39 is 9.84 Å². The molecule has 0 spiro atoms. The lowest BCUT2D eigenvalue weighted by Gasteiger charge is -2.22. The predicted molar refractivity (Wildman–Crippen MR) is 77.8 cm³/mol. The first kappa shape index (κ1) is 16.5. The second-order valence-corrected chi connectivity index (χ2v) is 7.81. The Hall–Kier alpha value is -0.580. The summed E-state index contributed by atoms with van der Waals surface area (Å²) in [7, 11) is -2.93. The van der Waals surface area contributed by atoms with E-state index in [0.717, 1.165) is 19.3 Å². The Labute approximate surface area is 117 Å². The maximum Gasteiger partial charge on any atom is 0.222 e. The van der Waals surface area contributed by atoms with Crippen molar-refractivity contribution >= 4 is 15.7 Å². The molecule has 1 rings (SSSR count). The van der Waals surface area contributed by atoms with Gasteiger partial charge in [0, 0.05) is 19.5 Å². The van der Waals surface area contributed by atoms with Crippen LogP contribution in [-0.4, -0.2) is 43.8 Å². The van der Waals surface area contributed by atoms with E-state index in [1.54, 1.807) is 4.90 Å². The van der Waals surface area contributed by atoms with E-state index in [-0.39, 0.29) is 17.4 Å². The van der Waals surface area contributed by atoms with Gasteiger partial charge in [-0.25, -0.2) is 8.42 Å². The highest BCUT2D eigenvalue weighted by molar-refractivity contribution is 7.91. The molecule has 0 aromatic carbocycles. The monoisotopic (exact) mass is 289 g/mol. The molecule has 0 N–H and O–H groups in total. The van der Waals surface area contributed by atoms with Gasteiger partial charge in [-0.15, -0.1) is 0 Å². The number of unbranched alkanes of at least 4 members (excludes halogenated alkanes) is 1. The third-order valence-electron chi connectivity index (χ3n) is 3.91. The average Bonchev–Trinajstić information content (AvgIpc) is 2.55. The fourth-order valence-electron chi connectivity index (χ4n) is 2.51. The molecule has 0 radical (unpaired) electrons. The molecule has 0 unspecified atom stereocenters. The van der Waals surface area contributed by atoms with Gasteiger partial charge >= 0.3 is 0 Å². The van der Waals surface area contributed by atoms with Crippen molar-refractivity contribution in [3.8, 4) is 0 Å². The zero-order chi connectivity index (χ0) is 14.3. The van der Waals surface area contributed by atoms with Gasteiger partial charge in [0.25, 0.3) is 0 Å². The summed E-state index contributed by atoms with van der Waals surface area (Å²) in [4.78, 5) is 14.0. The third-order valence-corrected chi connectivity index (χ3v) is 5.63. The van der Waals surface area contributed by atoms with E-state index in [2.05, 4.69) is 13.8 Å². The van der Waals surface area contributed by atoms with Crippen molar-refractivity contribution in [3.05, 3.63) is 0 Å². The van der Waals surface area contributed by atoms with Crippen LogP contribution in [0.3, 0.4) is 0 Å². The van der Waals surface area contributed by atoms with Gasteiger partial charge in [-0.05, 0) is 18.8 Å². The first-order valence-electron chi connectivity index (χ1n) is 7.46. The zero-order valence-corrected chi connectivity index (χ0v) is 13.0. The topological polar surface area (TPSA) is 54.5 Å². The van der Waals surface area contributed by atoms with Gasteiger partial charge in [0.15, 0.2) is 9.84 Å². The summed E-state index contributed by atoms with van der Waals surface area (Å²) in [6.45, 7) is 5.27. The van der Waals surface area contributed by atoms with Crippen LogP contribution in [-0.2, 0) is 14.6 Å². The second kappa shape index (κ2) is 7.88. The van der Waals surface area contributed by atoms with Crippen molar-refractivity contribution in [2.45, 2.75) is 52.4 Å². The Morgan fingerprint density at radius 1 is 1.21 bits per heavy atom. The van der Waals surface area contributed by atoms with E-state index in [4.69, 9.17) is 0 Å². The number of rotatable bonds is 6. The number of sulfone groups is 1. The van der Waals surface area contributed by atoms with Crippen LogP contribution in [0.5, 0.6) is 0 Å². The normalized spacial score (nSPS) is 20.8. The summed E-state index contributed by atoms with van der Waals surface area (Å²) in [5.74, 6) is 0.946. The molecule has 1 saturated heterocycles. The Kier molecular flexibility index (Phi) is 6.83. The molecular formula is C14H27NO3S. The van der Waals surface area contributed by atoms with Crippen molar-refractivity contribution in [1.82, 2.24) is 4.90 Å². The molecule has 0 aliphatic carbocycles. The highest BCUT2D eigenvalue weighted by Crippen LogP contribution is 2.18. The molecule has 112 valence electrons. The van der Waals surface area contributed by atoms with Crippen LogP contribution in [0.4, 0.5) is 0 Å². The molecule has 1 fully saturated rings. The summed E-state index contributed by atoms with van der Waals surface area (Å²) in [6, 6.07) is 0. The minimum absolute atomic E-state index is 0.129. The van der Waals surface area contributed by atoms with Crippen LogP contribution in [0, 0.1) is 5.92 Å². The third kappa shape index (κ3) is 5.93. The minimum atomic E-state index is -2.93. The highest BCUT2D eigenvalue weighted by Gasteiger charge is 2.23. The van der Waals surface area contributed by atoms with Crippen LogP contribution >= 0.6 is 0 Å². The smallest absolute Gasteiger partial charge is 0.222 e. The van der Waals surface area contributed by atoms with Crippen LogP contribution < -0.4 is 0 Å². The van der Waals surface area contributed by atoms with Crippen LogP contribution in [0.1, 0.15) is 52.4 Å². The molecule has 1 amide bonds. The van der Waals surface area contributed by atoms with Crippen molar-refractivity contribution in [1.29, 1.82) is 0 Å². The lowest BCUT2D eigenvalue weighted by atomic mass is 9.95. The highest BCUT2D eigenvalue weighted by atomic mass is 32.2. The summed E-state index contributed by atoms with van der Waals surface area (Å²) in [6.07, 6.45) is 5.62. The van der Waals surface area contributed by atoms with Crippen LogP contribution in [0.2, 0.25) is 0 Å². The first-order valence-corrected chi connectivity index (χ1v) is 9.28. The number of carbonyl (C=O) groups excluding carboxylic acids is 1. The molecular weight excluding hydrogens is 262 g/mol. The van der Waals surface area contributed by atoms with Crippen molar-refractivity contribution in [2.24, 2.45) is 5.92 Å². The molecule has 1 aliphatic rings. The van der Waals surface area contributed by atoms with Crippen molar-refractivity contribution in [2.75, 3.05) is 24.6 Å². The van der Waals surface area contributed by atoms with Gasteiger partial charge in [-0.2, -0.15) is 0 Å². The van der Waals surface area contributed by atoms with Crippen LogP contribution in [0.15, 0.2) is 0 Å². The number of amides is 1. The number of carbonyl (C=O) groups is 1. The molecule has 4 nitrogen and oxygen atoms in total. The predicted octanol–water partition coefficient (Wildman–Crippen LogP) is 2.24. The molecule has 1 aliphatic heterocycles. The van der Waals surface area contributed by atoms with E-state index in [1.165, 1.54) is 6.42 Å². The molecule has 19 heavy (non-hydrogen) atoms. The molecule has 0 bridgehead atoms.